The zero-order chi connectivity index (χ0) is 19.9. The summed E-state index contributed by atoms with van der Waals surface area (Å²) in [6.45, 7) is 0.756. The molecule has 3 aromatic rings. The normalized spacial score (nSPS) is 11.1. The Balaban J connectivity index is 1.81. The molecule has 7 nitrogen and oxygen atoms in total. The number of unbranched alkanes of at least 4 members (excludes halogenated alkanes) is 2. The number of rotatable bonds is 9. The number of halogens is 2. The van der Waals surface area contributed by atoms with E-state index in [1.54, 1.807) is 0 Å². The number of thioether (sulfide) groups is 1. The van der Waals surface area contributed by atoms with E-state index in [0.717, 1.165) is 43.3 Å². The number of H-pyrrole nitrogens is 1. The van der Waals surface area contributed by atoms with Crippen LogP contribution in [0.4, 0.5) is 14.6 Å². The Morgan fingerprint density at radius 1 is 1.18 bits per heavy atom. The maximum Gasteiger partial charge on any atom is 0.268 e. The minimum absolute atomic E-state index is 0.134. The van der Waals surface area contributed by atoms with Crippen LogP contribution < -0.4 is 10.9 Å². The fraction of sp³-hybridized carbons (Fsp3) is 0.333. The van der Waals surface area contributed by atoms with Crippen LogP contribution >= 0.6 is 11.8 Å². The second-order valence-electron chi connectivity index (χ2n) is 6.01. The van der Waals surface area contributed by atoms with Gasteiger partial charge >= 0.3 is 0 Å². The molecular weight excluding hydrogens is 388 g/mol. The van der Waals surface area contributed by atoms with Gasteiger partial charge in [-0.2, -0.15) is 0 Å². The van der Waals surface area contributed by atoms with Crippen LogP contribution in [0.2, 0.25) is 0 Å². The van der Waals surface area contributed by atoms with Gasteiger partial charge in [-0.05, 0) is 25.3 Å². The molecule has 0 aliphatic carbocycles. The average molecular weight is 407 g/mol. The van der Waals surface area contributed by atoms with Crippen LogP contribution in [0.1, 0.15) is 24.8 Å². The molecule has 148 valence electrons. The highest BCUT2D eigenvalue weighted by molar-refractivity contribution is 7.98. The summed E-state index contributed by atoms with van der Waals surface area (Å²) in [5.41, 5.74) is 0.490. The summed E-state index contributed by atoms with van der Waals surface area (Å²) in [7, 11) is 0. The Morgan fingerprint density at radius 2 is 2.04 bits per heavy atom. The number of nitrogens with one attached hydrogen (secondary N) is 2. The zero-order valence-corrected chi connectivity index (χ0v) is 15.7. The van der Waals surface area contributed by atoms with E-state index in [4.69, 9.17) is 5.11 Å². The number of fused-ring (bicyclic) bond motifs is 1. The summed E-state index contributed by atoms with van der Waals surface area (Å²) >= 11 is 1.13. The molecular formula is C18H19F2N5O2S. The maximum absolute atomic E-state index is 13.8. The van der Waals surface area contributed by atoms with Gasteiger partial charge in [0.2, 0.25) is 0 Å². The summed E-state index contributed by atoms with van der Waals surface area (Å²) in [6.07, 6.45) is 3.55. The van der Waals surface area contributed by atoms with Crippen molar-refractivity contribution in [2.24, 2.45) is 0 Å². The van der Waals surface area contributed by atoms with Crippen molar-refractivity contribution in [3.8, 4) is 0 Å². The van der Waals surface area contributed by atoms with Gasteiger partial charge < -0.3 is 15.4 Å². The van der Waals surface area contributed by atoms with Gasteiger partial charge in [0, 0.05) is 24.5 Å². The molecule has 10 heteroatoms. The third kappa shape index (κ3) is 5.02. The highest BCUT2D eigenvalue weighted by Gasteiger charge is 2.13. The quantitative estimate of drug-likeness (QED) is 0.285. The van der Waals surface area contributed by atoms with Crippen molar-refractivity contribution in [2.45, 2.75) is 30.2 Å². The second-order valence-corrected chi connectivity index (χ2v) is 6.95. The summed E-state index contributed by atoms with van der Waals surface area (Å²) in [4.78, 5) is 27.0. The van der Waals surface area contributed by atoms with E-state index >= 15 is 0 Å². The lowest BCUT2D eigenvalue weighted by molar-refractivity contribution is 0.283. The Kier molecular flexibility index (Phi) is 6.88. The predicted octanol–water partition coefficient (Wildman–Crippen LogP) is 2.86. The van der Waals surface area contributed by atoms with E-state index < -0.39 is 17.2 Å². The first kappa shape index (κ1) is 20.2. The van der Waals surface area contributed by atoms with Crippen LogP contribution in [0.15, 0.2) is 34.3 Å². The van der Waals surface area contributed by atoms with Crippen LogP contribution in [0.3, 0.4) is 0 Å². The number of anilines is 1. The molecule has 0 saturated heterocycles. The number of nitrogens with zero attached hydrogens (tertiary/aromatic N) is 3. The molecule has 1 aromatic carbocycles. The van der Waals surface area contributed by atoms with Crippen LogP contribution in [0, 0.1) is 11.6 Å². The van der Waals surface area contributed by atoms with Gasteiger partial charge in [-0.1, -0.05) is 23.9 Å². The van der Waals surface area contributed by atoms with E-state index in [1.165, 1.54) is 12.1 Å². The van der Waals surface area contributed by atoms with Gasteiger partial charge in [0.05, 0.1) is 6.20 Å². The van der Waals surface area contributed by atoms with Crippen molar-refractivity contribution < 1.29 is 13.9 Å². The molecule has 0 aliphatic heterocycles. The lowest BCUT2D eigenvalue weighted by atomic mass is 10.2. The van der Waals surface area contributed by atoms with Gasteiger partial charge in [-0.25, -0.2) is 23.7 Å². The SMILES string of the molecule is O=c1cnc2c(NCCCCCO)nc(SCc3cccc(F)c3F)nc2[nH]1. The Bertz CT molecular complexity index is 1010. The molecule has 0 atom stereocenters. The van der Waals surface area contributed by atoms with Crippen LogP contribution in [-0.4, -0.2) is 38.2 Å². The van der Waals surface area contributed by atoms with E-state index in [2.05, 4.69) is 25.3 Å². The highest BCUT2D eigenvalue weighted by atomic mass is 32.2. The minimum Gasteiger partial charge on any atom is -0.396 e. The first-order valence-electron chi connectivity index (χ1n) is 8.76. The Morgan fingerprint density at radius 3 is 2.86 bits per heavy atom. The highest BCUT2D eigenvalue weighted by Crippen LogP contribution is 2.25. The molecule has 2 heterocycles. The van der Waals surface area contributed by atoms with Crippen LogP contribution in [0.25, 0.3) is 11.2 Å². The fourth-order valence-corrected chi connectivity index (χ4v) is 3.35. The lowest BCUT2D eigenvalue weighted by Crippen LogP contribution is -2.11. The molecule has 2 aromatic heterocycles. The summed E-state index contributed by atoms with van der Waals surface area (Å²) in [6, 6.07) is 4.00. The standard InChI is InChI=1S/C18H19F2N5O2S/c19-12-6-4-5-11(14(12)20)10-28-18-24-16(21-7-2-1-3-8-26)15-17(25-18)23-13(27)9-22-15/h4-6,9,26H,1-3,7-8,10H2,(H2,21,23,24,25,27). The van der Waals surface area contributed by atoms with Crippen LogP contribution in [0.5, 0.6) is 0 Å². The largest absolute Gasteiger partial charge is 0.396 e. The Labute approximate surface area is 163 Å². The van der Waals surface area contributed by atoms with E-state index in [-0.39, 0.29) is 23.6 Å². The van der Waals surface area contributed by atoms with Gasteiger partial charge in [0.15, 0.2) is 28.3 Å². The van der Waals surface area contributed by atoms with Crippen molar-refractivity contribution in [3.05, 3.63) is 51.9 Å². The second kappa shape index (κ2) is 9.56. The number of hydrogen-bond acceptors (Lipinski definition) is 7. The molecule has 0 spiro atoms. The molecule has 0 aliphatic rings. The smallest absolute Gasteiger partial charge is 0.268 e. The van der Waals surface area contributed by atoms with Crippen molar-refractivity contribution in [1.82, 2.24) is 19.9 Å². The number of aliphatic hydroxyl groups is 1. The van der Waals surface area contributed by atoms with E-state index in [1.807, 2.05) is 0 Å². The molecule has 28 heavy (non-hydrogen) atoms. The topological polar surface area (TPSA) is 104 Å². The third-order valence-corrected chi connectivity index (χ3v) is 4.83. The fourth-order valence-electron chi connectivity index (χ4n) is 2.53. The van der Waals surface area contributed by atoms with Crippen molar-refractivity contribution in [3.63, 3.8) is 0 Å². The molecule has 3 N–H and O–H groups in total. The molecule has 0 unspecified atom stereocenters. The van der Waals surface area contributed by atoms with Gasteiger partial charge in [0.25, 0.3) is 5.56 Å². The number of aliphatic hydroxyl groups excluding tert-OH is 1. The first-order chi connectivity index (χ1) is 13.6. The van der Waals surface area contributed by atoms with Gasteiger partial charge in [-0.15, -0.1) is 0 Å². The molecule has 0 radical (unpaired) electrons. The van der Waals surface area contributed by atoms with Gasteiger partial charge in [0.1, 0.15) is 5.52 Å². The first-order valence-corrected chi connectivity index (χ1v) is 9.74. The van der Waals surface area contributed by atoms with E-state index in [9.17, 15) is 13.6 Å². The summed E-state index contributed by atoms with van der Waals surface area (Å²) in [5.74, 6) is -1.22. The average Bonchev–Trinajstić information content (AvgIpc) is 2.68. The van der Waals surface area contributed by atoms with E-state index in [0.29, 0.717) is 23.0 Å². The summed E-state index contributed by atoms with van der Waals surface area (Å²) < 4.78 is 27.2. The molecule has 0 bridgehead atoms. The number of hydrogen-bond donors (Lipinski definition) is 3. The monoisotopic (exact) mass is 407 g/mol. The summed E-state index contributed by atoms with van der Waals surface area (Å²) in [5, 5.41) is 12.3. The minimum atomic E-state index is -0.906. The van der Waals surface area contributed by atoms with Gasteiger partial charge in [-0.3, -0.25) is 4.79 Å². The number of benzene rings is 1. The molecule has 0 saturated carbocycles. The predicted molar refractivity (Wildman–Crippen MR) is 103 cm³/mol. The van der Waals surface area contributed by atoms with Crippen molar-refractivity contribution >= 4 is 28.7 Å². The number of aromatic amines is 1. The third-order valence-electron chi connectivity index (χ3n) is 3.93. The lowest BCUT2D eigenvalue weighted by Gasteiger charge is -2.10. The molecule has 0 amide bonds. The number of aromatic nitrogens is 4. The van der Waals surface area contributed by atoms with Crippen molar-refractivity contribution in [2.75, 3.05) is 18.5 Å². The molecule has 0 fully saturated rings. The maximum atomic E-state index is 13.8. The molecule has 3 rings (SSSR count). The van der Waals surface area contributed by atoms with Crippen LogP contribution in [-0.2, 0) is 5.75 Å². The van der Waals surface area contributed by atoms with Crippen molar-refractivity contribution in [1.29, 1.82) is 0 Å². The Hall–Kier alpha value is -2.59. The zero-order valence-electron chi connectivity index (χ0n) is 14.9.